The molecule has 164 valence electrons. The van der Waals surface area contributed by atoms with Gasteiger partial charge in [0.05, 0.1) is 30.9 Å². The van der Waals surface area contributed by atoms with E-state index >= 15 is 0 Å². The number of carbonyl (C=O) groups is 2. The van der Waals surface area contributed by atoms with Gasteiger partial charge in [0.1, 0.15) is 0 Å². The lowest BCUT2D eigenvalue weighted by Gasteiger charge is -2.13. The minimum Gasteiger partial charge on any atom is -0.493 e. The van der Waals surface area contributed by atoms with Gasteiger partial charge < -0.3 is 23.5 Å². The van der Waals surface area contributed by atoms with Gasteiger partial charge in [0.25, 0.3) is 0 Å². The van der Waals surface area contributed by atoms with E-state index < -0.39 is 5.97 Å². The molecule has 7 nitrogen and oxygen atoms in total. The SMILES string of the molecule is CCCOc1c(Cl)cc(C(=O)OCC(=O)c2cc(C)n(CCOC)c2C)cc1OC. The highest BCUT2D eigenvalue weighted by atomic mass is 35.5. The molecule has 2 aromatic rings. The molecule has 0 N–H and O–H groups in total. The van der Waals surface area contributed by atoms with Crippen LogP contribution in [0.4, 0.5) is 0 Å². The topological polar surface area (TPSA) is 76.0 Å². The molecule has 0 fully saturated rings. The summed E-state index contributed by atoms with van der Waals surface area (Å²) in [6.45, 7) is 7.03. The van der Waals surface area contributed by atoms with E-state index in [1.54, 1.807) is 13.2 Å². The fourth-order valence-electron chi connectivity index (χ4n) is 3.08. The first-order valence-corrected chi connectivity index (χ1v) is 10.1. The summed E-state index contributed by atoms with van der Waals surface area (Å²) in [7, 11) is 3.09. The second-order valence-corrected chi connectivity index (χ2v) is 7.17. The maximum Gasteiger partial charge on any atom is 0.338 e. The summed E-state index contributed by atoms with van der Waals surface area (Å²) in [5, 5.41) is 0.239. The number of Topliss-reactive ketones (excluding diaryl/α,β-unsaturated/α-hetero) is 1. The Hall–Kier alpha value is -2.51. The number of rotatable bonds is 11. The van der Waals surface area contributed by atoms with Crippen molar-refractivity contribution in [3.8, 4) is 11.5 Å². The fraction of sp³-hybridized carbons (Fsp3) is 0.455. The summed E-state index contributed by atoms with van der Waals surface area (Å²) in [5.41, 5.74) is 2.46. The molecule has 0 amide bonds. The number of hydrogen-bond donors (Lipinski definition) is 0. The number of esters is 1. The highest BCUT2D eigenvalue weighted by molar-refractivity contribution is 6.32. The third kappa shape index (κ3) is 5.55. The zero-order valence-electron chi connectivity index (χ0n) is 18.0. The van der Waals surface area contributed by atoms with E-state index in [1.165, 1.54) is 19.2 Å². The molecular weight excluding hydrogens is 410 g/mol. The number of ketones is 1. The smallest absolute Gasteiger partial charge is 0.338 e. The molecule has 8 heteroatoms. The summed E-state index contributed by atoms with van der Waals surface area (Å²) in [4.78, 5) is 25.1. The molecule has 0 spiro atoms. The Kier molecular flexibility index (Phi) is 8.74. The van der Waals surface area contributed by atoms with Crippen molar-refractivity contribution in [2.75, 3.05) is 34.0 Å². The summed E-state index contributed by atoms with van der Waals surface area (Å²) < 4.78 is 23.2. The van der Waals surface area contributed by atoms with E-state index in [4.69, 9.17) is 30.5 Å². The number of hydrogen-bond acceptors (Lipinski definition) is 6. The van der Waals surface area contributed by atoms with Gasteiger partial charge in [-0.3, -0.25) is 4.79 Å². The first kappa shape index (κ1) is 23.8. The molecule has 2 rings (SSSR count). The molecule has 0 saturated carbocycles. The van der Waals surface area contributed by atoms with Crippen molar-refractivity contribution in [1.82, 2.24) is 4.57 Å². The third-order valence-corrected chi connectivity index (χ3v) is 4.92. The Labute approximate surface area is 181 Å². The molecule has 1 aromatic carbocycles. The lowest BCUT2D eigenvalue weighted by Crippen LogP contribution is -2.15. The summed E-state index contributed by atoms with van der Waals surface area (Å²) in [6, 6.07) is 4.72. The number of nitrogens with zero attached hydrogens (tertiary/aromatic N) is 1. The van der Waals surface area contributed by atoms with Crippen molar-refractivity contribution < 1.29 is 28.5 Å². The second-order valence-electron chi connectivity index (χ2n) is 6.77. The number of ether oxygens (including phenoxy) is 4. The van der Waals surface area contributed by atoms with Crippen LogP contribution in [0, 0.1) is 13.8 Å². The zero-order valence-corrected chi connectivity index (χ0v) is 18.8. The predicted octanol–water partition coefficient (Wildman–Crippen LogP) is 4.24. The number of carbonyl (C=O) groups excluding carboxylic acids is 2. The van der Waals surface area contributed by atoms with Crippen molar-refractivity contribution >= 4 is 23.4 Å². The average Bonchev–Trinajstić information content (AvgIpc) is 3.02. The molecule has 1 aromatic heterocycles. The van der Waals surface area contributed by atoms with E-state index in [9.17, 15) is 9.59 Å². The summed E-state index contributed by atoms with van der Waals surface area (Å²) in [5.74, 6) is -0.243. The molecule has 30 heavy (non-hydrogen) atoms. The monoisotopic (exact) mass is 437 g/mol. The van der Waals surface area contributed by atoms with E-state index in [2.05, 4.69) is 0 Å². The van der Waals surface area contributed by atoms with Crippen LogP contribution in [0.1, 0.15) is 45.4 Å². The van der Waals surface area contributed by atoms with Gasteiger partial charge in [-0.05, 0) is 38.5 Å². The van der Waals surface area contributed by atoms with Crippen molar-refractivity contribution in [3.63, 3.8) is 0 Å². The minimum atomic E-state index is -0.668. The molecule has 0 bridgehead atoms. The average molecular weight is 438 g/mol. The van der Waals surface area contributed by atoms with Crippen LogP contribution in [0.3, 0.4) is 0 Å². The normalized spacial score (nSPS) is 10.7. The molecule has 0 aliphatic rings. The maximum absolute atomic E-state index is 12.6. The third-order valence-electron chi connectivity index (χ3n) is 4.64. The number of aryl methyl sites for hydroxylation is 1. The molecule has 0 atom stereocenters. The van der Waals surface area contributed by atoms with Crippen molar-refractivity contribution in [1.29, 1.82) is 0 Å². The van der Waals surface area contributed by atoms with E-state index in [-0.39, 0.29) is 23.0 Å². The van der Waals surface area contributed by atoms with Crippen LogP contribution in [0.15, 0.2) is 18.2 Å². The van der Waals surface area contributed by atoms with Gasteiger partial charge in [0.15, 0.2) is 18.1 Å². The molecule has 0 radical (unpaired) electrons. The Morgan fingerprint density at radius 2 is 1.83 bits per heavy atom. The number of benzene rings is 1. The standard InChI is InChI=1S/C22H28ClNO6/c1-6-8-29-21-18(23)11-16(12-20(21)28-5)22(26)30-13-19(25)17-10-14(2)24(15(17)3)7-9-27-4/h10-12H,6-9,13H2,1-5H3. The molecule has 0 unspecified atom stereocenters. The molecule has 0 aliphatic carbocycles. The lowest BCUT2D eigenvalue weighted by molar-refractivity contribution is 0.0474. The highest BCUT2D eigenvalue weighted by Crippen LogP contribution is 2.36. The minimum absolute atomic E-state index is 0.180. The molecule has 0 aliphatic heterocycles. The van der Waals surface area contributed by atoms with Crippen LogP contribution < -0.4 is 9.47 Å². The lowest BCUT2D eigenvalue weighted by atomic mass is 10.1. The van der Waals surface area contributed by atoms with Gasteiger partial charge in [-0.1, -0.05) is 18.5 Å². The van der Waals surface area contributed by atoms with E-state index in [0.717, 1.165) is 17.8 Å². The van der Waals surface area contributed by atoms with Gasteiger partial charge in [0, 0.05) is 30.6 Å². The fourth-order valence-corrected chi connectivity index (χ4v) is 3.35. The van der Waals surface area contributed by atoms with E-state index in [1.807, 2.05) is 25.3 Å². The highest BCUT2D eigenvalue weighted by Gasteiger charge is 2.20. The van der Waals surface area contributed by atoms with Gasteiger partial charge in [-0.25, -0.2) is 4.79 Å². The van der Waals surface area contributed by atoms with Gasteiger partial charge in [0.2, 0.25) is 5.78 Å². The maximum atomic E-state index is 12.6. The van der Waals surface area contributed by atoms with Crippen LogP contribution in [-0.2, 0) is 16.0 Å². The van der Waals surface area contributed by atoms with Gasteiger partial charge in [-0.15, -0.1) is 0 Å². The van der Waals surface area contributed by atoms with Crippen molar-refractivity contribution in [2.45, 2.75) is 33.7 Å². The van der Waals surface area contributed by atoms with Crippen LogP contribution in [0.5, 0.6) is 11.5 Å². The second kappa shape index (κ2) is 11.0. The predicted molar refractivity (Wildman–Crippen MR) is 114 cm³/mol. The Bertz CT molecular complexity index is 906. The Morgan fingerprint density at radius 3 is 2.47 bits per heavy atom. The van der Waals surface area contributed by atoms with Gasteiger partial charge >= 0.3 is 5.97 Å². The zero-order chi connectivity index (χ0) is 22.3. The number of methoxy groups -OCH3 is 2. The van der Waals surface area contributed by atoms with Gasteiger partial charge in [-0.2, -0.15) is 0 Å². The van der Waals surface area contributed by atoms with E-state index in [0.29, 0.717) is 36.8 Å². The molecular formula is C22H28ClNO6. The molecule has 0 saturated heterocycles. The van der Waals surface area contributed by atoms with Crippen molar-refractivity contribution in [2.24, 2.45) is 0 Å². The Morgan fingerprint density at radius 1 is 1.10 bits per heavy atom. The van der Waals surface area contributed by atoms with Crippen LogP contribution in [0.2, 0.25) is 5.02 Å². The number of aromatic nitrogens is 1. The Balaban J connectivity index is 2.10. The largest absolute Gasteiger partial charge is 0.493 e. The van der Waals surface area contributed by atoms with Crippen LogP contribution in [-0.4, -0.2) is 50.4 Å². The summed E-state index contributed by atoms with van der Waals surface area (Å²) in [6.07, 6.45) is 0.803. The number of halogens is 1. The molecule has 1 heterocycles. The van der Waals surface area contributed by atoms with Crippen LogP contribution in [0.25, 0.3) is 0 Å². The quantitative estimate of drug-likeness (QED) is 0.386. The van der Waals surface area contributed by atoms with Crippen molar-refractivity contribution in [3.05, 3.63) is 45.7 Å². The first-order chi connectivity index (χ1) is 14.3. The first-order valence-electron chi connectivity index (χ1n) is 9.70. The van der Waals surface area contributed by atoms with Crippen LogP contribution >= 0.6 is 11.6 Å². The summed E-state index contributed by atoms with van der Waals surface area (Å²) >= 11 is 6.24.